The summed E-state index contributed by atoms with van der Waals surface area (Å²) in [5.74, 6) is 1.20. The zero-order chi connectivity index (χ0) is 22.9. The summed E-state index contributed by atoms with van der Waals surface area (Å²) in [6, 6.07) is 14.5. The van der Waals surface area contributed by atoms with Gasteiger partial charge in [0, 0.05) is 18.7 Å². The summed E-state index contributed by atoms with van der Waals surface area (Å²) in [6.45, 7) is 4.76. The maximum atomic E-state index is 12.4. The van der Waals surface area contributed by atoms with E-state index in [4.69, 9.17) is 9.47 Å². The number of nitrogens with zero attached hydrogens (tertiary/aromatic N) is 3. The van der Waals surface area contributed by atoms with Crippen LogP contribution in [0.15, 0.2) is 53.7 Å². The molecule has 1 amide bonds. The molecule has 1 aromatic heterocycles. The molecule has 0 spiro atoms. The summed E-state index contributed by atoms with van der Waals surface area (Å²) < 4.78 is 12.2. The van der Waals surface area contributed by atoms with Gasteiger partial charge in [0.15, 0.2) is 5.16 Å². The number of carbonyl (C=O) groups excluding carboxylic acids is 2. The van der Waals surface area contributed by atoms with Crippen LogP contribution < -0.4 is 10.1 Å². The Morgan fingerprint density at radius 3 is 2.56 bits per heavy atom. The molecule has 0 unspecified atom stereocenters. The smallest absolute Gasteiger partial charge is 0.338 e. The van der Waals surface area contributed by atoms with Crippen LogP contribution in [0.3, 0.4) is 0 Å². The first kappa shape index (κ1) is 23.3. The minimum absolute atomic E-state index is 0.171. The summed E-state index contributed by atoms with van der Waals surface area (Å²) in [5, 5.41) is 12.1. The first-order valence-electron chi connectivity index (χ1n) is 10.3. The number of anilines is 1. The van der Waals surface area contributed by atoms with Gasteiger partial charge in [0.2, 0.25) is 5.91 Å². The Bertz CT molecular complexity index is 1070. The van der Waals surface area contributed by atoms with Crippen LogP contribution in [0.1, 0.15) is 35.6 Å². The Hall–Kier alpha value is -3.33. The van der Waals surface area contributed by atoms with Gasteiger partial charge in [0.1, 0.15) is 11.6 Å². The van der Waals surface area contributed by atoms with Gasteiger partial charge in [-0.2, -0.15) is 0 Å². The molecular weight excluding hydrogens is 428 g/mol. The van der Waals surface area contributed by atoms with Crippen molar-refractivity contribution in [1.82, 2.24) is 14.8 Å². The third-order valence-electron chi connectivity index (χ3n) is 4.62. The number of rotatable bonds is 10. The number of hydrogen-bond acceptors (Lipinski definition) is 7. The highest BCUT2D eigenvalue weighted by Gasteiger charge is 2.14. The Morgan fingerprint density at radius 2 is 1.88 bits per heavy atom. The first-order valence-corrected chi connectivity index (χ1v) is 11.3. The lowest BCUT2D eigenvalue weighted by atomic mass is 10.1. The summed E-state index contributed by atoms with van der Waals surface area (Å²) in [5.41, 5.74) is 2.04. The number of benzene rings is 2. The minimum atomic E-state index is -0.418. The molecule has 0 fully saturated rings. The second kappa shape index (κ2) is 11.3. The molecule has 1 heterocycles. The molecule has 3 aromatic rings. The molecule has 1 N–H and O–H groups in total. The van der Waals surface area contributed by atoms with Crippen molar-refractivity contribution in [1.29, 1.82) is 0 Å². The number of esters is 1. The lowest BCUT2D eigenvalue weighted by Gasteiger charge is -2.09. The molecular formula is C23H26N4O4S. The average Bonchev–Trinajstić information content (AvgIpc) is 3.20. The summed E-state index contributed by atoms with van der Waals surface area (Å²) >= 11 is 1.32. The van der Waals surface area contributed by atoms with E-state index in [-0.39, 0.29) is 11.7 Å². The van der Waals surface area contributed by atoms with Crippen LogP contribution >= 0.6 is 11.8 Å². The summed E-state index contributed by atoms with van der Waals surface area (Å²) in [7, 11) is 1.64. The second-order valence-electron chi connectivity index (χ2n) is 6.81. The molecule has 2 aromatic carbocycles. The average molecular weight is 455 g/mol. The Balaban J connectivity index is 1.60. The van der Waals surface area contributed by atoms with Gasteiger partial charge in [-0.25, -0.2) is 4.79 Å². The van der Waals surface area contributed by atoms with Crippen molar-refractivity contribution < 1.29 is 19.1 Å². The van der Waals surface area contributed by atoms with Crippen LogP contribution in [0.5, 0.6) is 5.75 Å². The number of carbonyl (C=O) groups is 2. The molecule has 0 bridgehead atoms. The van der Waals surface area contributed by atoms with Gasteiger partial charge in [-0.15, -0.1) is 10.2 Å². The molecule has 9 heteroatoms. The molecule has 8 nitrogen and oxygen atoms in total. The maximum absolute atomic E-state index is 12.4. The summed E-state index contributed by atoms with van der Waals surface area (Å²) in [4.78, 5) is 24.3. The van der Waals surface area contributed by atoms with Crippen molar-refractivity contribution in [2.45, 2.75) is 32.0 Å². The molecule has 0 aliphatic carbocycles. The van der Waals surface area contributed by atoms with Gasteiger partial charge < -0.3 is 19.4 Å². The standard InChI is InChI=1S/C23H26N4O4S/c1-4-27-20(13-16-9-11-19(30-3)12-10-16)25-26-23(27)32-15-21(28)24-18-8-6-7-17(14-18)22(29)31-5-2/h6-12,14H,4-5,13,15H2,1-3H3,(H,24,28). The maximum Gasteiger partial charge on any atom is 0.338 e. The normalized spacial score (nSPS) is 10.6. The number of methoxy groups -OCH3 is 1. The zero-order valence-corrected chi connectivity index (χ0v) is 19.1. The highest BCUT2D eigenvalue weighted by Crippen LogP contribution is 2.21. The highest BCUT2D eigenvalue weighted by atomic mass is 32.2. The van der Waals surface area contributed by atoms with Gasteiger partial charge >= 0.3 is 5.97 Å². The molecule has 0 radical (unpaired) electrons. The van der Waals surface area contributed by atoms with E-state index in [2.05, 4.69) is 15.5 Å². The number of thioether (sulfide) groups is 1. The predicted octanol–water partition coefficient (Wildman–Crippen LogP) is 3.80. The SMILES string of the molecule is CCOC(=O)c1cccc(NC(=O)CSc2nnc(Cc3ccc(OC)cc3)n2CC)c1. The van der Waals surface area contributed by atoms with E-state index in [1.807, 2.05) is 35.8 Å². The van der Waals surface area contributed by atoms with Gasteiger partial charge in [0.05, 0.1) is 25.0 Å². The number of hydrogen-bond donors (Lipinski definition) is 1. The summed E-state index contributed by atoms with van der Waals surface area (Å²) in [6.07, 6.45) is 0.637. The third-order valence-corrected chi connectivity index (χ3v) is 5.59. The molecule has 0 aliphatic heterocycles. The Labute approximate surface area is 191 Å². The number of amides is 1. The fourth-order valence-corrected chi connectivity index (χ4v) is 3.89. The van der Waals surface area contributed by atoms with Crippen molar-refractivity contribution in [2.75, 3.05) is 24.8 Å². The van der Waals surface area contributed by atoms with E-state index in [0.717, 1.165) is 17.1 Å². The van der Waals surface area contributed by atoms with Crippen LogP contribution in [-0.4, -0.2) is 46.1 Å². The van der Waals surface area contributed by atoms with E-state index in [9.17, 15) is 9.59 Å². The number of nitrogens with one attached hydrogen (secondary N) is 1. The largest absolute Gasteiger partial charge is 0.497 e. The van der Waals surface area contributed by atoms with Crippen molar-refractivity contribution in [3.8, 4) is 5.75 Å². The van der Waals surface area contributed by atoms with Gasteiger partial charge in [0.25, 0.3) is 0 Å². The Morgan fingerprint density at radius 1 is 1.09 bits per heavy atom. The van der Waals surface area contributed by atoms with Gasteiger partial charge in [-0.05, 0) is 49.7 Å². The lowest BCUT2D eigenvalue weighted by molar-refractivity contribution is -0.113. The van der Waals surface area contributed by atoms with Crippen molar-refractivity contribution in [3.05, 3.63) is 65.5 Å². The molecule has 0 saturated heterocycles. The Kier molecular flexibility index (Phi) is 8.27. The van der Waals surface area contributed by atoms with Crippen LogP contribution in [0.2, 0.25) is 0 Å². The van der Waals surface area contributed by atoms with Crippen LogP contribution in [0, 0.1) is 0 Å². The van der Waals surface area contributed by atoms with Crippen molar-refractivity contribution in [3.63, 3.8) is 0 Å². The quantitative estimate of drug-likeness (QED) is 0.368. The van der Waals surface area contributed by atoms with Crippen LogP contribution in [0.4, 0.5) is 5.69 Å². The van der Waals surface area contributed by atoms with E-state index in [0.29, 0.717) is 36.0 Å². The van der Waals surface area contributed by atoms with Crippen LogP contribution in [0.25, 0.3) is 0 Å². The van der Waals surface area contributed by atoms with E-state index < -0.39 is 5.97 Å². The lowest BCUT2D eigenvalue weighted by Crippen LogP contribution is -2.15. The minimum Gasteiger partial charge on any atom is -0.497 e. The molecule has 168 valence electrons. The molecule has 0 saturated carbocycles. The first-order chi connectivity index (χ1) is 15.5. The third kappa shape index (κ3) is 6.10. The number of aromatic nitrogens is 3. The topological polar surface area (TPSA) is 95.3 Å². The molecule has 0 atom stereocenters. The highest BCUT2D eigenvalue weighted by molar-refractivity contribution is 7.99. The van der Waals surface area contributed by atoms with Crippen LogP contribution in [-0.2, 0) is 22.5 Å². The van der Waals surface area contributed by atoms with Crippen molar-refractivity contribution in [2.24, 2.45) is 0 Å². The van der Waals surface area contributed by atoms with Gasteiger partial charge in [-0.1, -0.05) is 30.0 Å². The fraction of sp³-hybridized carbons (Fsp3) is 0.304. The molecule has 32 heavy (non-hydrogen) atoms. The zero-order valence-electron chi connectivity index (χ0n) is 18.3. The molecule has 0 aliphatic rings. The van der Waals surface area contributed by atoms with E-state index in [1.54, 1.807) is 38.3 Å². The number of ether oxygens (including phenoxy) is 2. The molecule has 3 rings (SSSR count). The van der Waals surface area contributed by atoms with Gasteiger partial charge in [-0.3, -0.25) is 4.79 Å². The van der Waals surface area contributed by atoms with E-state index in [1.165, 1.54) is 11.8 Å². The monoisotopic (exact) mass is 454 g/mol. The van der Waals surface area contributed by atoms with E-state index >= 15 is 0 Å². The predicted molar refractivity (Wildman–Crippen MR) is 123 cm³/mol. The van der Waals surface area contributed by atoms with Crippen molar-refractivity contribution >= 4 is 29.3 Å². The second-order valence-corrected chi connectivity index (χ2v) is 7.75. The fourth-order valence-electron chi connectivity index (χ4n) is 3.07.